The van der Waals surface area contributed by atoms with Crippen LogP contribution in [0.1, 0.15) is 0 Å². The number of hydrogen-bond donors (Lipinski definition) is 0. The zero-order chi connectivity index (χ0) is 18.0. The molecule has 0 N–H and O–H groups in total. The van der Waals surface area contributed by atoms with Crippen molar-refractivity contribution in [3.05, 3.63) is 84.9 Å². The third-order valence-electron chi connectivity index (χ3n) is 5.31. The summed E-state index contributed by atoms with van der Waals surface area (Å²) in [7, 11) is 0. The number of aromatic nitrogens is 1. The van der Waals surface area contributed by atoms with Gasteiger partial charge in [-0.25, -0.2) is 0 Å². The van der Waals surface area contributed by atoms with Crippen molar-refractivity contribution < 1.29 is 4.42 Å². The minimum absolute atomic E-state index is 0.938. The van der Waals surface area contributed by atoms with E-state index in [9.17, 15) is 0 Å². The number of halogens is 1. The lowest BCUT2D eigenvalue weighted by Gasteiger charge is -2.02. The van der Waals surface area contributed by atoms with E-state index in [4.69, 9.17) is 4.42 Å². The summed E-state index contributed by atoms with van der Waals surface area (Å²) >= 11 is 2.38. The van der Waals surface area contributed by atoms with Gasteiger partial charge in [-0.3, -0.25) is 2.78 Å². The summed E-state index contributed by atoms with van der Waals surface area (Å²) in [6, 6.07) is 30.0. The Labute approximate surface area is 169 Å². The van der Waals surface area contributed by atoms with Gasteiger partial charge in [-0.2, -0.15) is 0 Å². The average molecular weight is 459 g/mol. The number of benzene rings is 4. The number of rotatable bonds is 1. The molecule has 0 bridgehead atoms. The molecule has 0 saturated carbocycles. The predicted molar refractivity (Wildman–Crippen MR) is 122 cm³/mol. The first kappa shape index (κ1) is 15.3. The van der Waals surface area contributed by atoms with Gasteiger partial charge in [0.1, 0.15) is 11.2 Å². The molecule has 0 saturated heterocycles. The Kier molecular flexibility index (Phi) is 3.17. The fraction of sp³-hybridized carbons (Fsp3) is 0. The van der Waals surface area contributed by atoms with Crippen molar-refractivity contribution >= 4 is 66.6 Å². The van der Waals surface area contributed by atoms with Crippen LogP contribution in [0.4, 0.5) is 0 Å². The quantitative estimate of drug-likeness (QED) is 0.232. The van der Waals surface area contributed by atoms with Gasteiger partial charge in [0.05, 0.1) is 33.9 Å². The molecule has 0 spiro atoms. The van der Waals surface area contributed by atoms with E-state index in [0.717, 1.165) is 11.2 Å². The summed E-state index contributed by atoms with van der Waals surface area (Å²) in [6.07, 6.45) is 0. The molecule has 0 atom stereocenters. The SMILES string of the molecule is In1c2ccc(-c3ccccc3)cc2c2cc3c(cc21)oc1ccccc13. The van der Waals surface area contributed by atoms with Crippen molar-refractivity contribution in [2.45, 2.75) is 0 Å². The van der Waals surface area contributed by atoms with Crippen LogP contribution in [-0.4, -0.2) is 2.78 Å². The molecule has 2 aromatic heterocycles. The van der Waals surface area contributed by atoms with Crippen LogP contribution in [0.2, 0.25) is 0 Å². The highest BCUT2D eigenvalue weighted by atomic mass is 127. The molecule has 6 rings (SSSR count). The Balaban J connectivity index is 1.73. The van der Waals surface area contributed by atoms with E-state index >= 15 is 0 Å². The second kappa shape index (κ2) is 5.60. The van der Waals surface area contributed by atoms with Crippen LogP contribution in [0.15, 0.2) is 89.3 Å². The van der Waals surface area contributed by atoms with E-state index in [-0.39, 0.29) is 0 Å². The summed E-state index contributed by atoms with van der Waals surface area (Å²) < 4.78 is 8.31. The van der Waals surface area contributed by atoms with Crippen molar-refractivity contribution in [2.75, 3.05) is 0 Å². The first-order chi connectivity index (χ1) is 13.3. The van der Waals surface area contributed by atoms with Gasteiger partial charge in [-0.05, 0) is 35.4 Å². The van der Waals surface area contributed by atoms with E-state index < -0.39 is 0 Å². The molecule has 128 valence electrons. The van der Waals surface area contributed by atoms with E-state index in [1.54, 1.807) is 0 Å². The molecule has 0 radical (unpaired) electrons. The van der Waals surface area contributed by atoms with Crippen LogP contribution in [0.5, 0.6) is 0 Å². The molecule has 2 heterocycles. The summed E-state index contributed by atoms with van der Waals surface area (Å²) in [6.45, 7) is 0. The van der Waals surface area contributed by atoms with Gasteiger partial charge in [-0.15, -0.1) is 0 Å². The second-order valence-corrected chi connectivity index (χ2v) is 7.81. The molecule has 0 unspecified atom stereocenters. The molecular weight excluding hydrogens is 445 g/mol. The molecule has 0 aliphatic heterocycles. The van der Waals surface area contributed by atoms with Crippen LogP contribution < -0.4 is 0 Å². The number of nitrogens with zero attached hydrogens (tertiary/aromatic N) is 1. The van der Waals surface area contributed by atoms with Gasteiger partial charge < -0.3 is 4.42 Å². The van der Waals surface area contributed by atoms with Crippen molar-refractivity contribution in [3.63, 3.8) is 0 Å². The topological polar surface area (TPSA) is 18.1 Å². The second-order valence-electron chi connectivity index (χ2n) is 6.84. The first-order valence-corrected chi connectivity index (χ1v) is 9.87. The molecule has 0 aliphatic rings. The Hall–Kier alpha value is -2.79. The van der Waals surface area contributed by atoms with E-state index in [2.05, 4.69) is 98.4 Å². The maximum Gasteiger partial charge on any atom is 0.137 e. The maximum atomic E-state index is 6.09. The zero-order valence-corrected chi connectivity index (χ0v) is 16.5. The third kappa shape index (κ3) is 2.18. The third-order valence-corrected chi connectivity index (χ3v) is 6.35. The highest BCUT2D eigenvalue weighted by Crippen LogP contribution is 2.38. The molecule has 6 aromatic rings. The Bertz CT molecular complexity index is 1470. The van der Waals surface area contributed by atoms with Crippen molar-refractivity contribution in [2.24, 2.45) is 0 Å². The average Bonchev–Trinajstić information content (AvgIpc) is 3.22. The minimum atomic E-state index is 0.938. The highest BCUT2D eigenvalue weighted by Gasteiger charge is 2.14. The van der Waals surface area contributed by atoms with Crippen LogP contribution >= 0.6 is 22.9 Å². The number of fused-ring (bicyclic) bond motifs is 6. The van der Waals surface area contributed by atoms with E-state index in [1.807, 2.05) is 12.1 Å². The van der Waals surface area contributed by atoms with Crippen LogP contribution in [0.25, 0.3) is 54.9 Å². The van der Waals surface area contributed by atoms with Gasteiger partial charge in [0.2, 0.25) is 0 Å². The molecular formula is C24H14INO. The zero-order valence-electron chi connectivity index (χ0n) is 14.3. The van der Waals surface area contributed by atoms with E-state index in [0.29, 0.717) is 0 Å². The monoisotopic (exact) mass is 459 g/mol. The lowest BCUT2D eigenvalue weighted by molar-refractivity contribution is 0.669. The Morgan fingerprint density at radius 2 is 1.33 bits per heavy atom. The summed E-state index contributed by atoms with van der Waals surface area (Å²) in [4.78, 5) is 0. The van der Waals surface area contributed by atoms with Gasteiger partial charge in [0.15, 0.2) is 0 Å². The molecule has 0 amide bonds. The first-order valence-electron chi connectivity index (χ1n) is 8.91. The fourth-order valence-corrected chi connectivity index (χ4v) is 4.82. The predicted octanol–water partition coefficient (Wildman–Crippen LogP) is 7.56. The normalized spacial score (nSPS) is 11.9. The lowest BCUT2D eigenvalue weighted by Crippen LogP contribution is -1.79. The van der Waals surface area contributed by atoms with Crippen molar-refractivity contribution in [1.82, 2.24) is 2.78 Å². The van der Waals surface area contributed by atoms with Crippen molar-refractivity contribution in [1.29, 1.82) is 0 Å². The Morgan fingerprint density at radius 3 is 2.22 bits per heavy atom. The largest absolute Gasteiger partial charge is 0.456 e. The minimum Gasteiger partial charge on any atom is -0.456 e. The fourth-order valence-electron chi connectivity index (χ4n) is 4.00. The molecule has 4 aromatic carbocycles. The lowest BCUT2D eigenvalue weighted by atomic mass is 10.0. The summed E-state index contributed by atoms with van der Waals surface area (Å²) in [5.74, 6) is 0. The van der Waals surface area contributed by atoms with Crippen LogP contribution in [-0.2, 0) is 0 Å². The molecule has 3 heteroatoms. The molecule has 27 heavy (non-hydrogen) atoms. The summed E-state index contributed by atoms with van der Waals surface area (Å²) in [5.41, 5.74) is 6.76. The highest BCUT2D eigenvalue weighted by molar-refractivity contribution is 14.1. The number of furan rings is 1. The molecule has 0 aliphatic carbocycles. The van der Waals surface area contributed by atoms with Gasteiger partial charge in [0, 0.05) is 27.6 Å². The Morgan fingerprint density at radius 1 is 0.556 bits per heavy atom. The number of para-hydroxylation sites is 1. The number of hydrogen-bond acceptors (Lipinski definition) is 1. The molecule has 2 nitrogen and oxygen atoms in total. The van der Waals surface area contributed by atoms with Gasteiger partial charge >= 0.3 is 0 Å². The smallest absolute Gasteiger partial charge is 0.137 e. The molecule has 0 fully saturated rings. The van der Waals surface area contributed by atoms with E-state index in [1.165, 1.54) is 43.7 Å². The van der Waals surface area contributed by atoms with Crippen LogP contribution in [0, 0.1) is 0 Å². The van der Waals surface area contributed by atoms with Crippen LogP contribution in [0.3, 0.4) is 0 Å². The van der Waals surface area contributed by atoms with Gasteiger partial charge in [-0.1, -0.05) is 54.6 Å². The van der Waals surface area contributed by atoms with Gasteiger partial charge in [0.25, 0.3) is 0 Å². The standard InChI is InChI=1S/C24H14INO/c25-26-21-11-10-16(15-6-2-1-3-7-15)12-18(21)19-13-20-17-8-4-5-9-23(17)27-24(20)14-22(19)26/h1-14H. The summed E-state index contributed by atoms with van der Waals surface area (Å²) in [5, 5.41) is 4.87. The maximum absolute atomic E-state index is 6.09. The van der Waals surface area contributed by atoms with Crippen molar-refractivity contribution in [3.8, 4) is 11.1 Å².